The molecule has 0 fully saturated rings. The van der Waals surface area contributed by atoms with Crippen molar-refractivity contribution in [3.8, 4) is 0 Å². The molecule has 0 aromatic heterocycles. The summed E-state index contributed by atoms with van der Waals surface area (Å²) in [6, 6.07) is 22.2. The third-order valence-corrected chi connectivity index (χ3v) is 4.84. The average Bonchev–Trinajstić information content (AvgIpc) is 3.10. The van der Waals surface area contributed by atoms with Gasteiger partial charge in [0.2, 0.25) is 0 Å². The minimum absolute atomic E-state index is 0.0223. The van der Waals surface area contributed by atoms with Gasteiger partial charge in [0.05, 0.1) is 11.1 Å². The molecule has 0 atom stereocenters. The lowest BCUT2D eigenvalue weighted by Gasteiger charge is -2.11. The number of rotatable bonds is 5. The molecule has 3 aromatic carbocycles. The van der Waals surface area contributed by atoms with Gasteiger partial charge in [-0.3, -0.25) is 14.9 Å². The minimum Gasteiger partial charge on any atom is -0.265 e. The first-order valence-corrected chi connectivity index (χ1v) is 9.64. The van der Waals surface area contributed by atoms with Crippen molar-refractivity contribution in [2.45, 2.75) is 0 Å². The first-order chi connectivity index (χ1) is 15.0. The van der Waals surface area contributed by atoms with Gasteiger partial charge in [-0.2, -0.15) is 10.1 Å². The van der Waals surface area contributed by atoms with Gasteiger partial charge in [-0.05, 0) is 35.4 Å². The van der Waals surface area contributed by atoms with Gasteiger partial charge in [0, 0.05) is 22.7 Å². The Hall–Kier alpha value is -4.10. The molecule has 7 nitrogen and oxygen atoms in total. The summed E-state index contributed by atoms with van der Waals surface area (Å²) in [7, 11) is 0. The Morgan fingerprint density at radius 1 is 0.968 bits per heavy atom. The quantitative estimate of drug-likeness (QED) is 0.249. The molecule has 1 heterocycles. The molecule has 0 saturated carbocycles. The van der Waals surface area contributed by atoms with Crippen LogP contribution in [0.25, 0.3) is 6.08 Å². The van der Waals surface area contributed by atoms with Gasteiger partial charge in [0.25, 0.3) is 11.6 Å². The molecular formula is C23H15ClN4O3. The van der Waals surface area contributed by atoms with Crippen LogP contribution < -0.4 is 0 Å². The Balaban J connectivity index is 1.70. The molecule has 0 saturated heterocycles. The largest absolute Gasteiger partial charge is 0.298 e. The van der Waals surface area contributed by atoms with E-state index in [1.807, 2.05) is 36.4 Å². The molecule has 0 radical (unpaired) electrons. The number of nitro groups is 1. The number of non-ortho nitro benzene ring substituents is 1. The zero-order valence-electron chi connectivity index (χ0n) is 16.1. The van der Waals surface area contributed by atoms with Crippen LogP contribution in [0.15, 0.2) is 94.7 Å². The maximum atomic E-state index is 13.1. The molecule has 0 unspecified atom stereocenters. The van der Waals surface area contributed by atoms with E-state index in [0.29, 0.717) is 22.0 Å². The summed E-state index contributed by atoms with van der Waals surface area (Å²) in [4.78, 5) is 27.9. The molecule has 0 aliphatic carbocycles. The van der Waals surface area contributed by atoms with E-state index in [1.165, 1.54) is 23.4 Å². The second kappa shape index (κ2) is 8.73. The summed E-state index contributed by atoms with van der Waals surface area (Å²) < 4.78 is 0. The second-order valence-corrected chi connectivity index (χ2v) is 6.97. The lowest BCUT2D eigenvalue weighted by Crippen LogP contribution is -2.27. The van der Waals surface area contributed by atoms with Gasteiger partial charge in [-0.15, -0.1) is 0 Å². The number of halogens is 1. The molecule has 0 spiro atoms. The standard InChI is InChI=1S/C23H15ClN4O3/c24-20-9-5-4-8-18(20)14-21-23(29)27(22(26-21)17-6-2-1-3-7-17)25-15-16-10-12-19(13-11-16)28(30)31/h1-15H. The monoisotopic (exact) mass is 430 g/mol. The summed E-state index contributed by atoms with van der Waals surface area (Å²) >= 11 is 6.22. The molecule has 31 heavy (non-hydrogen) atoms. The molecule has 0 bridgehead atoms. The van der Waals surface area contributed by atoms with Crippen molar-refractivity contribution in [1.29, 1.82) is 0 Å². The van der Waals surface area contributed by atoms with E-state index >= 15 is 0 Å². The Kier molecular flexibility index (Phi) is 5.68. The number of carbonyl (C=O) groups excluding carboxylic acids is 1. The summed E-state index contributed by atoms with van der Waals surface area (Å²) in [5, 5.41) is 16.8. The lowest BCUT2D eigenvalue weighted by molar-refractivity contribution is -0.384. The lowest BCUT2D eigenvalue weighted by atomic mass is 10.2. The summed E-state index contributed by atoms with van der Waals surface area (Å²) in [5.74, 6) is -0.0287. The van der Waals surface area contributed by atoms with Gasteiger partial charge >= 0.3 is 0 Å². The van der Waals surface area contributed by atoms with E-state index in [0.717, 1.165) is 5.56 Å². The third kappa shape index (κ3) is 4.41. The topological polar surface area (TPSA) is 88.2 Å². The van der Waals surface area contributed by atoms with Crippen molar-refractivity contribution < 1.29 is 9.72 Å². The van der Waals surface area contributed by atoms with Crippen LogP contribution in [0.2, 0.25) is 5.02 Å². The SMILES string of the molecule is O=C1C(=Cc2ccccc2Cl)N=C(c2ccccc2)N1N=Cc1ccc([N+](=O)[O-])cc1. The molecule has 3 aromatic rings. The molecule has 4 rings (SSSR count). The number of hydrazone groups is 1. The first kappa shape index (κ1) is 20.2. The van der Waals surface area contributed by atoms with E-state index in [-0.39, 0.29) is 11.4 Å². The number of hydrogen-bond donors (Lipinski definition) is 0. The van der Waals surface area contributed by atoms with Crippen molar-refractivity contribution in [1.82, 2.24) is 5.01 Å². The van der Waals surface area contributed by atoms with Crippen LogP contribution in [0.5, 0.6) is 0 Å². The summed E-state index contributed by atoms with van der Waals surface area (Å²) in [6.07, 6.45) is 3.08. The zero-order chi connectivity index (χ0) is 21.8. The number of aliphatic imine (C=N–C) groups is 1. The van der Waals surface area contributed by atoms with E-state index < -0.39 is 10.8 Å². The minimum atomic E-state index is -0.475. The Bertz CT molecular complexity index is 1240. The normalized spacial score (nSPS) is 15.0. The van der Waals surface area contributed by atoms with Crippen LogP contribution in [-0.2, 0) is 4.79 Å². The van der Waals surface area contributed by atoms with Crippen molar-refractivity contribution in [3.63, 3.8) is 0 Å². The molecule has 1 amide bonds. The van der Waals surface area contributed by atoms with Crippen LogP contribution in [0.4, 0.5) is 5.69 Å². The highest BCUT2D eigenvalue weighted by molar-refractivity contribution is 6.32. The Morgan fingerprint density at radius 3 is 2.32 bits per heavy atom. The van der Waals surface area contributed by atoms with Gasteiger partial charge in [0.15, 0.2) is 5.84 Å². The fraction of sp³-hybridized carbons (Fsp3) is 0. The third-order valence-electron chi connectivity index (χ3n) is 4.49. The van der Waals surface area contributed by atoms with Crippen LogP contribution in [-0.4, -0.2) is 27.9 Å². The van der Waals surface area contributed by atoms with E-state index in [9.17, 15) is 14.9 Å². The second-order valence-electron chi connectivity index (χ2n) is 6.56. The van der Waals surface area contributed by atoms with Crippen LogP contribution in [0.1, 0.15) is 16.7 Å². The molecule has 8 heteroatoms. The highest BCUT2D eigenvalue weighted by Gasteiger charge is 2.31. The Morgan fingerprint density at radius 2 is 1.65 bits per heavy atom. The number of benzene rings is 3. The maximum absolute atomic E-state index is 13.1. The van der Waals surface area contributed by atoms with E-state index in [4.69, 9.17) is 11.6 Å². The number of nitro benzene ring substituents is 1. The van der Waals surface area contributed by atoms with Gasteiger partial charge in [-0.1, -0.05) is 60.1 Å². The Labute approximate surface area is 182 Å². The number of amidine groups is 1. The summed E-state index contributed by atoms with van der Waals surface area (Å²) in [5.41, 5.74) is 2.18. The van der Waals surface area contributed by atoms with Crippen molar-refractivity contribution >= 4 is 41.3 Å². The van der Waals surface area contributed by atoms with E-state index in [1.54, 1.807) is 36.4 Å². The highest BCUT2D eigenvalue weighted by Crippen LogP contribution is 2.25. The van der Waals surface area contributed by atoms with Gasteiger partial charge < -0.3 is 0 Å². The fourth-order valence-electron chi connectivity index (χ4n) is 2.94. The summed E-state index contributed by atoms with van der Waals surface area (Å²) in [6.45, 7) is 0. The molecule has 0 N–H and O–H groups in total. The maximum Gasteiger partial charge on any atom is 0.298 e. The van der Waals surface area contributed by atoms with Gasteiger partial charge in [0.1, 0.15) is 5.70 Å². The van der Waals surface area contributed by atoms with Crippen LogP contribution in [0.3, 0.4) is 0 Å². The van der Waals surface area contributed by atoms with E-state index in [2.05, 4.69) is 10.1 Å². The smallest absolute Gasteiger partial charge is 0.265 e. The predicted molar refractivity (Wildman–Crippen MR) is 120 cm³/mol. The van der Waals surface area contributed by atoms with Gasteiger partial charge in [-0.25, -0.2) is 4.99 Å². The van der Waals surface area contributed by atoms with Crippen molar-refractivity contribution in [2.24, 2.45) is 10.1 Å². The highest BCUT2D eigenvalue weighted by atomic mass is 35.5. The number of amides is 1. The number of carbonyl (C=O) groups is 1. The zero-order valence-corrected chi connectivity index (χ0v) is 16.8. The van der Waals surface area contributed by atoms with Crippen LogP contribution in [0, 0.1) is 10.1 Å². The van der Waals surface area contributed by atoms with Crippen molar-refractivity contribution in [3.05, 3.63) is 116 Å². The molecular weight excluding hydrogens is 416 g/mol. The number of nitrogens with zero attached hydrogens (tertiary/aromatic N) is 4. The first-order valence-electron chi connectivity index (χ1n) is 9.26. The molecule has 1 aliphatic heterocycles. The molecule has 152 valence electrons. The number of hydrogen-bond acceptors (Lipinski definition) is 5. The van der Waals surface area contributed by atoms with Crippen molar-refractivity contribution in [2.75, 3.05) is 0 Å². The van der Waals surface area contributed by atoms with Crippen LogP contribution >= 0.6 is 11.6 Å². The average molecular weight is 431 g/mol. The predicted octanol–water partition coefficient (Wildman–Crippen LogP) is 4.91. The fourth-order valence-corrected chi connectivity index (χ4v) is 3.13. The molecule has 1 aliphatic rings.